The predicted molar refractivity (Wildman–Crippen MR) is 97.6 cm³/mol. The molecule has 1 atom stereocenters. The molecule has 110 valence electrons. The maximum Gasteiger partial charge on any atom is 0.147 e. The number of rotatable bonds is 5. The molecule has 1 unspecified atom stereocenters. The van der Waals surface area contributed by atoms with Crippen LogP contribution in [0.25, 0.3) is 0 Å². The van der Waals surface area contributed by atoms with Gasteiger partial charge in [0.25, 0.3) is 0 Å². The van der Waals surface area contributed by atoms with Crippen LogP contribution in [0.15, 0.2) is 91.0 Å². The lowest BCUT2D eigenvalue weighted by Crippen LogP contribution is -2.11. The molecule has 0 amide bonds. The molecule has 0 radical (unpaired) electrons. The van der Waals surface area contributed by atoms with E-state index < -0.39 is 6.26 Å². The smallest absolute Gasteiger partial charge is 0.147 e. The maximum atomic E-state index is 6.32. The van der Waals surface area contributed by atoms with Crippen molar-refractivity contribution in [3.63, 3.8) is 0 Å². The summed E-state index contributed by atoms with van der Waals surface area (Å²) >= 11 is 6.02. The van der Waals surface area contributed by atoms with Crippen molar-refractivity contribution in [1.82, 2.24) is 0 Å². The van der Waals surface area contributed by atoms with Crippen molar-refractivity contribution in [3.05, 3.63) is 96.6 Å². The second-order valence-corrected chi connectivity index (χ2v) is 9.19. The third-order valence-electron chi connectivity index (χ3n) is 3.38. The summed E-state index contributed by atoms with van der Waals surface area (Å²) in [6.45, 7) is 0. The monoisotopic (exact) mass is 324 g/mol. The van der Waals surface area contributed by atoms with E-state index in [-0.39, 0.29) is 0 Å². The van der Waals surface area contributed by atoms with E-state index in [1.807, 2.05) is 66.7 Å². The Morgan fingerprint density at radius 1 is 0.682 bits per heavy atom. The van der Waals surface area contributed by atoms with Crippen molar-refractivity contribution in [3.8, 4) is 5.75 Å². The van der Waals surface area contributed by atoms with Crippen LogP contribution in [-0.4, -0.2) is 0 Å². The first-order valence-corrected chi connectivity index (χ1v) is 10.1. The summed E-state index contributed by atoms with van der Waals surface area (Å²) in [5.74, 6) is 0.839. The molecule has 3 rings (SSSR count). The number of benzene rings is 3. The highest BCUT2D eigenvalue weighted by atomic mass is 32.4. The molecule has 0 heterocycles. The standard InChI is InChI=1S/C19H17OPS/c22-21(19-14-8-3-9-15-19,16-17-10-4-1-5-11-17)20-18-12-6-2-7-13-18/h1-15H,16H2. The van der Waals surface area contributed by atoms with E-state index in [4.69, 9.17) is 16.3 Å². The van der Waals surface area contributed by atoms with Gasteiger partial charge in [-0.25, -0.2) is 0 Å². The van der Waals surface area contributed by atoms with Gasteiger partial charge in [0.1, 0.15) is 12.0 Å². The van der Waals surface area contributed by atoms with Gasteiger partial charge in [-0.3, -0.25) is 0 Å². The Balaban J connectivity index is 1.97. The number of hydrogen-bond donors (Lipinski definition) is 0. The van der Waals surface area contributed by atoms with Crippen molar-refractivity contribution in [2.24, 2.45) is 0 Å². The summed E-state index contributed by atoms with van der Waals surface area (Å²) in [6.07, 6.45) is -1.43. The second-order valence-electron chi connectivity index (χ2n) is 5.06. The third-order valence-corrected chi connectivity index (χ3v) is 6.99. The van der Waals surface area contributed by atoms with Crippen LogP contribution < -0.4 is 9.83 Å². The summed E-state index contributed by atoms with van der Waals surface area (Å²) in [6, 6.07) is 30.4. The Hall–Kier alpha value is -1.89. The number of hydrogen-bond acceptors (Lipinski definition) is 2. The Morgan fingerprint density at radius 3 is 1.77 bits per heavy atom. The molecule has 3 aromatic rings. The van der Waals surface area contributed by atoms with Crippen LogP contribution in [-0.2, 0) is 18.0 Å². The average Bonchev–Trinajstić information content (AvgIpc) is 2.57. The first-order valence-electron chi connectivity index (χ1n) is 7.19. The fraction of sp³-hybridized carbons (Fsp3) is 0.0526. The van der Waals surface area contributed by atoms with E-state index in [1.165, 1.54) is 5.56 Å². The molecule has 0 spiro atoms. The van der Waals surface area contributed by atoms with Crippen molar-refractivity contribution in [2.45, 2.75) is 6.16 Å². The zero-order valence-corrected chi connectivity index (χ0v) is 13.8. The van der Waals surface area contributed by atoms with Crippen molar-refractivity contribution >= 4 is 23.4 Å². The summed E-state index contributed by atoms with van der Waals surface area (Å²) in [4.78, 5) is 0. The highest BCUT2D eigenvalue weighted by Gasteiger charge is 2.22. The molecule has 3 heteroatoms. The first-order chi connectivity index (χ1) is 10.8. The van der Waals surface area contributed by atoms with Crippen molar-refractivity contribution < 1.29 is 4.52 Å². The van der Waals surface area contributed by atoms with E-state index in [9.17, 15) is 0 Å². The number of para-hydroxylation sites is 1. The molecule has 0 bridgehead atoms. The summed E-state index contributed by atoms with van der Waals surface area (Å²) in [7, 11) is 0. The van der Waals surface area contributed by atoms with Gasteiger partial charge in [-0.05, 0) is 29.5 Å². The molecule has 0 aliphatic rings. The quantitative estimate of drug-likeness (QED) is 0.612. The molecule has 0 saturated carbocycles. The highest BCUT2D eigenvalue weighted by Crippen LogP contribution is 2.49. The maximum absolute atomic E-state index is 6.32. The van der Waals surface area contributed by atoms with E-state index in [1.54, 1.807) is 0 Å². The van der Waals surface area contributed by atoms with Gasteiger partial charge in [0.2, 0.25) is 0 Å². The highest BCUT2D eigenvalue weighted by molar-refractivity contribution is 8.15. The van der Waals surface area contributed by atoms with Gasteiger partial charge < -0.3 is 4.52 Å². The van der Waals surface area contributed by atoms with Crippen LogP contribution in [0.3, 0.4) is 0 Å². The molecular formula is C19H17OPS. The third kappa shape index (κ3) is 3.65. The largest absolute Gasteiger partial charge is 0.462 e. The minimum Gasteiger partial charge on any atom is -0.462 e. The van der Waals surface area contributed by atoms with E-state index in [0.29, 0.717) is 0 Å². The Labute approximate surface area is 136 Å². The molecule has 0 aliphatic heterocycles. The van der Waals surface area contributed by atoms with Crippen molar-refractivity contribution in [2.75, 3.05) is 0 Å². The topological polar surface area (TPSA) is 9.23 Å². The lowest BCUT2D eigenvalue weighted by atomic mass is 10.2. The molecule has 0 aromatic heterocycles. The van der Waals surface area contributed by atoms with Gasteiger partial charge >= 0.3 is 0 Å². The minimum absolute atomic E-state index is 0.752. The van der Waals surface area contributed by atoms with E-state index >= 15 is 0 Å². The summed E-state index contributed by atoms with van der Waals surface area (Å²) in [5, 5.41) is 1.11. The Kier molecular flexibility index (Phi) is 4.72. The van der Waals surface area contributed by atoms with Gasteiger partial charge in [-0.15, -0.1) is 0 Å². The van der Waals surface area contributed by atoms with Crippen LogP contribution in [0.5, 0.6) is 5.75 Å². The molecular weight excluding hydrogens is 307 g/mol. The second kappa shape index (κ2) is 6.91. The van der Waals surface area contributed by atoms with Gasteiger partial charge in [-0.1, -0.05) is 78.9 Å². The van der Waals surface area contributed by atoms with Gasteiger partial charge in [0, 0.05) is 11.5 Å². The minimum atomic E-state index is -2.18. The molecule has 0 aliphatic carbocycles. The zero-order chi connectivity index (χ0) is 15.3. The summed E-state index contributed by atoms with van der Waals surface area (Å²) < 4.78 is 6.32. The molecule has 22 heavy (non-hydrogen) atoms. The molecule has 1 nitrogen and oxygen atoms in total. The zero-order valence-electron chi connectivity index (χ0n) is 12.1. The van der Waals surface area contributed by atoms with Crippen LogP contribution in [0.1, 0.15) is 5.56 Å². The Morgan fingerprint density at radius 2 is 1.18 bits per heavy atom. The van der Waals surface area contributed by atoms with Crippen LogP contribution in [0.4, 0.5) is 0 Å². The average molecular weight is 324 g/mol. The SMILES string of the molecule is S=P(Cc1ccccc1)(Oc1ccccc1)c1ccccc1. The lowest BCUT2D eigenvalue weighted by Gasteiger charge is -2.24. The molecule has 3 aromatic carbocycles. The van der Waals surface area contributed by atoms with Gasteiger partial charge in [0.05, 0.1) is 0 Å². The van der Waals surface area contributed by atoms with E-state index in [0.717, 1.165) is 17.2 Å². The molecule has 0 N–H and O–H groups in total. The Bertz CT molecular complexity index is 712. The fourth-order valence-corrected chi connectivity index (χ4v) is 5.51. The molecule has 0 saturated heterocycles. The fourth-order valence-electron chi connectivity index (χ4n) is 2.31. The first kappa shape index (κ1) is 15.0. The lowest BCUT2D eigenvalue weighted by molar-refractivity contribution is 0.618. The normalized spacial score (nSPS) is 13.3. The predicted octanol–water partition coefficient (Wildman–Crippen LogP) is 4.99. The van der Waals surface area contributed by atoms with Crippen LogP contribution in [0.2, 0.25) is 0 Å². The molecule has 0 fully saturated rings. The summed E-state index contributed by atoms with van der Waals surface area (Å²) in [5.41, 5.74) is 1.21. The van der Waals surface area contributed by atoms with Gasteiger partial charge in [-0.2, -0.15) is 0 Å². The van der Waals surface area contributed by atoms with Crippen LogP contribution >= 0.6 is 6.26 Å². The van der Waals surface area contributed by atoms with E-state index in [2.05, 4.69) is 24.3 Å². The van der Waals surface area contributed by atoms with Crippen molar-refractivity contribution in [1.29, 1.82) is 0 Å². The van der Waals surface area contributed by atoms with Crippen LogP contribution in [0, 0.1) is 0 Å². The van der Waals surface area contributed by atoms with Gasteiger partial charge in [0.15, 0.2) is 0 Å².